The van der Waals surface area contributed by atoms with Gasteiger partial charge in [0.25, 0.3) is 0 Å². The zero-order chi connectivity index (χ0) is 9.97. The van der Waals surface area contributed by atoms with Gasteiger partial charge < -0.3 is 10.2 Å². The number of halogens is 1. The van der Waals surface area contributed by atoms with Gasteiger partial charge in [-0.1, -0.05) is 11.6 Å². The molecule has 1 aromatic heterocycles. The van der Waals surface area contributed by atoms with E-state index in [0.29, 0.717) is 11.1 Å². The summed E-state index contributed by atoms with van der Waals surface area (Å²) in [7, 11) is 2.01. The van der Waals surface area contributed by atoms with Crippen molar-refractivity contribution in [3.8, 4) is 0 Å². The standard InChI is InChI=1S/C9H13ClN4/c1-14(8-2-3-11-6-8)9-12-4-7(10)5-13-9/h4-5,8,11H,2-3,6H2,1H3/t8-/m0/s1. The van der Waals surface area contributed by atoms with Crippen LogP contribution in [-0.2, 0) is 0 Å². The average Bonchev–Trinajstić information content (AvgIpc) is 2.71. The highest BCUT2D eigenvalue weighted by Gasteiger charge is 2.20. The molecule has 0 spiro atoms. The van der Waals surface area contributed by atoms with E-state index in [2.05, 4.69) is 20.2 Å². The molecule has 1 aliphatic rings. The molecule has 0 bridgehead atoms. The first-order valence-electron chi connectivity index (χ1n) is 4.68. The highest BCUT2D eigenvalue weighted by molar-refractivity contribution is 6.30. The summed E-state index contributed by atoms with van der Waals surface area (Å²) in [6, 6.07) is 0.496. The summed E-state index contributed by atoms with van der Waals surface area (Å²) in [6.45, 7) is 2.07. The van der Waals surface area contributed by atoms with E-state index >= 15 is 0 Å². The Morgan fingerprint density at radius 1 is 1.50 bits per heavy atom. The summed E-state index contributed by atoms with van der Waals surface area (Å²) in [5.74, 6) is 0.739. The van der Waals surface area contributed by atoms with Gasteiger partial charge >= 0.3 is 0 Å². The van der Waals surface area contributed by atoms with Crippen molar-refractivity contribution in [1.82, 2.24) is 15.3 Å². The van der Waals surface area contributed by atoms with Crippen molar-refractivity contribution in [3.05, 3.63) is 17.4 Å². The largest absolute Gasteiger partial charge is 0.340 e. The fourth-order valence-electron chi connectivity index (χ4n) is 1.62. The molecule has 1 aliphatic heterocycles. The van der Waals surface area contributed by atoms with Crippen LogP contribution in [0.1, 0.15) is 6.42 Å². The molecule has 0 amide bonds. The van der Waals surface area contributed by atoms with Crippen molar-refractivity contribution in [2.24, 2.45) is 0 Å². The summed E-state index contributed by atoms with van der Waals surface area (Å²) in [5, 5.41) is 3.89. The second-order valence-corrected chi connectivity index (χ2v) is 3.90. The third-order valence-electron chi connectivity index (χ3n) is 2.50. The minimum atomic E-state index is 0.496. The second kappa shape index (κ2) is 4.11. The fourth-order valence-corrected chi connectivity index (χ4v) is 1.72. The van der Waals surface area contributed by atoms with Crippen LogP contribution in [0.3, 0.4) is 0 Å². The normalized spacial score (nSPS) is 21.1. The van der Waals surface area contributed by atoms with E-state index in [0.717, 1.165) is 25.5 Å². The van der Waals surface area contributed by atoms with Crippen LogP contribution < -0.4 is 10.2 Å². The van der Waals surface area contributed by atoms with Crippen molar-refractivity contribution in [3.63, 3.8) is 0 Å². The lowest BCUT2D eigenvalue weighted by Crippen LogP contribution is -2.34. The summed E-state index contributed by atoms with van der Waals surface area (Å²) >= 11 is 5.72. The smallest absolute Gasteiger partial charge is 0.225 e. The number of nitrogens with zero attached hydrogens (tertiary/aromatic N) is 3. The lowest BCUT2D eigenvalue weighted by molar-refractivity contribution is 0.668. The van der Waals surface area contributed by atoms with Gasteiger partial charge in [0.1, 0.15) is 0 Å². The molecular weight excluding hydrogens is 200 g/mol. The number of hydrogen-bond donors (Lipinski definition) is 1. The zero-order valence-electron chi connectivity index (χ0n) is 8.07. The third kappa shape index (κ3) is 1.96. The van der Waals surface area contributed by atoms with Gasteiger partial charge in [0.05, 0.1) is 17.4 Å². The van der Waals surface area contributed by atoms with Crippen LogP contribution in [0.15, 0.2) is 12.4 Å². The molecule has 1 atom stereocenters. The van der Waals surface area contributed by atoms with E-state index in [4.69, 9.17) is 11.6 Å². The van der Waals surface area contributed by atoms with Gasteiger partial charge in [-0.25, -0.2) is 9.97 Å². The Balaban J connectivity index is 2.09. The summed E-state index contributed by atoms with van der Waals surface area (Å²) in [6.07, 6.45) is 4.40. The van der Waals surface area contributed by atoms with Crippen LogP contribution in [0.25, 0.3) is 0 Å². The molecule has 4 nitrogen and oxygen atoms in total. The van der Waals surface area contributed by atoms with E-state index < -0.39 is 0 Å². The van der Waals surface area contributed by atoms with Crippen LogP contribution in [0, 0.1) is 0 Å². The summed E-state index contributed by atoms with van der Waals surface area (Å²) in [5.41, 5.74) is 0. The molecule has 1 aromatic rings. The highest BCUT2D eigenvalue weighted by atomic mass is 35.5. The molecule has 1 fully saturated rings. The lowest BCUT2D eigenvalue weighted by atomic mass is 10.2. The first-order chi connectivity index (χ1) is 6.77. The Labute approximate surface area is 88.3 Å². The topological polar surface area (TPSA) is 41.1 Å². The molecule has 2 heterocycles. The molecule has 5 heteroatoms. The highest BCUT2D eigenvalue weighted by Crippen LogP contribution is 2.14. The Bertz CT molecular complexity index is 294. The molecule has 14 heavy (non-hydrogen) atoms. The van der Waals surface area contributed by atoms with Crippen LogP contribution in [0.2, 0.25) is 5.02 Å². The van der Waals surface area contributed by atoms with Gasteiger partial charge in [0, 0.05) is 19.6 Å². The van der Waals surface area contributed by atoms with E-state index in [9.17, 15) is 0 Å². The maximum Gasteiger partial charge on any atom is 0.225 e. The maximum atomic E-state index is 5.72. The van der Waals surface area contributed by atoms with Crippen molar-refractivity contribution in [1.29, 1.82) is 0 Å². The minimum Gasteiger partial charge on any atom is -0.340 e. The quantitative estimate of drug-likeness (QED) is 0.792. The van der Waals surface area contributed by atoms with Gasteiger partial charge in [-0.2, -0.15) is 0 Å². The SMILES string of the molecule is CN(c1ncc(Cl)cn1)[C@H]1CCNC1. The van der Waals surface area contributed by atoms with Gasteiger partial charge in [-0.05, 0) is 13.0 Å². The van der Waals surface area contributed by atoms with E-state index in [1.165, 1.54) is 0 Å². The Kier molecular flexibility index (Phi) is 2.84. The molecule has 2 rings (SSSR count). The molecule has 0 radical (unpaired) electrons. The van der Waals surface area contributed by atoms with Crippen LogP contribution in [0.5, 0.6) is 0 Å². The Morgan fingerprint density at radius 2 is 2.21 bits per heavy atom. The summed E-state index contributed by atoms with van der Waals surface area (Å²) in [4.78, 5) is 10.4. The number of hydrogen-bond acceptors (Lipinski definition) is 4. The fraction of sp³-hybridized carbons (Fsp3) is 0.556. The molecule has 0 saturated carbocycles. The predicted octanol–water partition coefficient (Wildman–Crippen LogP) is 0.928. The Morgan fingerprint density at radius 3 is 2.79 bits per heavy atom. The number of rotatable bonds is 2. The van der Waals surface area contributed by atoms with E-state index in [1.54, 1.807) is 12.4 Å². The van der Waals surface area contributed by atoms with Crippen LogP contribution in [-0.4, -0.2) is 36.1 Å². The second-order valence-electron chi connectivity index (χ2n) is 3.46. The molecule has 0 aliphatic carbocycles. The molecule has 76 valence electrons. The maximum absolute atomic E-state index is 5.72. The van der Waals surface area contributed by atoms with Crippen LogP contribution >= 0.6 is 11.6 Å². The van der Waals surface area contributed by atoms with Crippen molar-refractivity contribution in [2.45, 2.75) is 12.5 Å². The predicted molar refractivity (Wildman–Crippen MR) is 56.7 cm³/mol. The molecule has 1 N–H and O–H groups in total. The number of nitrogens with one attached hydrogen (secondary N) is 1. The average molecular weight is 213 g/mol. The molecule has 0 unspecified atom stereocenters. The van der Waals surface area contributed by atoms with Gasteiger partial charge in [-0.15, -0.1) is 0 Å². The molecular formula is C9H13ClN4. The first-order valence-corrected chi connectivity index (χ1v) is 5.06. The van der Waals surface area contributed by atoms with Crippen molar-refractivity contribution in [2.75, 3.05) is 25.0 Å². The molecule has 1 saturated heterocycles. The Hall–Kier alpha value is -0.870. The van der Waals surface area contributed by atoms with Crippen molar-refractivity contribution < 1.29 is 0 Å². The minimum absolute atomic E-state index is 0.496. The van der Waals surface area contributed by atoms with Gasteiger partial charge in [-0.3, -0.25) is 0 Å². The van der Waals surface area contributed by atoms with E-state index in [1.807, 2.05) is 7.05 Å². The van der Waals surface area contributed by atoms with Crippen LogP contribution in [0.4, 0.5) is 5.95 Å². The number of aromatic nitrogens is 2. The van der Waals surface area contributed by atoms with Gasteiger partial charge in [0.15, 0.2) is 0 Å². The number of anilines is 1. The molecule has 0 aromatic carbocycles. The lowest BCUT2D eigenvalue weighted by Gasteiger charge is -2.23. The van der Waals surface area contributed by atoms with Gasteiger partial charge in [0.2, 0.25) is 5.95 Å². The first kappa shape index (κ1) is 9.68. The summed E-state index contributed by atoms with van der Waals surface area (Å²) < 4.78 is 0. The monoisotopic (exact) mass is 212 g/mol. The van der Waals surface area contributed by atoms with E-state index in [-0.39, 0.29) is 0 Å². The number of likely N-dealkylation sites (N-methyl/N-ethyl adjacent to an activating group) is 1. The zero-order valence-corrected chi connectivity index (χ0v) is 8.83. The van der Waals surface area contributed by atoms with Crippen molar-refractivity contribution >= 4 is 17.5 Å². The third-order valence-corrected chi connectivity index (χ3v) is 2.70.